The Kier molecular flexibility index (Phi) is 9.02. The van der Waals surface area contributed by atoms with E-state index in [1.165, 1.54) is 24.1 Å². The molecule has 0 bridgehead atoms. The highest BCUT2D eigenvalue weighted by Crippen LogP contribution is 2.30. The summed E-state index contributed by atoms with van der Waals surface area (Å²) < 4.78 is 31.4. The first kappa shape index (κ1) is 26.8. The zero-order valence-electron chi connectivity index (χ0n) is 20.2. The van der Waals surface area contributed by atoms with E-state index in [0.29, 0.717) is 5.75 Å². The van der Waals surface area contributed by atoms with Gasteiger partial charge in [0.1, 0.15) is 18.3 Å². The summed E-state index contributed by atoms with van der Waals surface area (Å²) in [7, 11) is -2.38. The molecule has 2 aromatic carbocycles. The van der Waals surface area contributed by atoms with Crippen LogP contribution in [0.1, 0.15) is 38.2 Å². The number of sulfonamides is 1. The van der Waals surface area contributed by atoms with E-state index in [4.69, 9.17) is 16.3 Å². The van der Waals surface area contributed by atoms with E-state index < -0.39 is 28.5 Å². The van der Waals surface area contributed by atoms with Crippen molar-refractivity contribution in [3.05, 3.63) is 59.1 Å². The van der Waals surface area contributed by atoms with Gasteiger partial charge in [0.05, 0.1) is 24.1 Å². The molecule has 35 heavy (non-hydrogen) atoms. The Labute approximate surface area is 212 Å². The topological polar surface area (TPSA) is 96.0 Å². The van der Waals surface area contributed by atoms with Gasteiger partial charge < -0.3 is 15.0 Å². The lowest BCUT2D eigenvalue weighted by Crippen LogP contribution is -2.52. The van der Waals surface area contributed by atoms with Crippen LogP contribution in [-0.2, 0) is 26.2 Å². The zero-order chi connectivity index (χ0) is 25.6. The number of nitrogens with zero attached hydrogens (tertiary/aromatic N) is 2. The summed E-state index contributed by atoms with van der Waals surface area (Å²) in [4.78, 5) is 28.0. The van der Waals surface area contributed by atoms with Gasteiger partial charge in [-0.25, -0.2) is 8.42 Å². The lowest BCUT2D eigenvalue weighted by atomic mass is 10.1. The normalized spacial score (nSPS) is 14.9. The van der Waals surface area contributed by atoms with Gasteiger partial charge in [0.2, 0.25) is 21.8 Å². The molecule has 2 aromatic rings. The van der Waals surface area contributed by atoms with Crippen LogP contribution in [0.4, 0.5) is 5.69 Å². The van der Waals surface area contributed by atoms with Crippen LogP contribution >= 0.6 is 11.6 Å². The van der Waals surface area contributed by atoms with Crippen molar-refractivity contribution in [2.75, 3.05) is 24.2 Å². The highest BCUT2D eigenvalue weighted by molar-refractivity contribution is 7.92. The molecule has 1 aliphatic carbocycles. The second-order valence-corrected chi connectivity index (χ2v) is 11.1. The zero-order valence-corrected chi connectivity index (χ0v) is 21.8. The van der Waals surface area contributed by atoms with Crippen molar-refractivity contribution in [3.63, 3.8) is 0 Å². The van der Waals surface area contributed by atoms with Crippen molar-refractivity contribution >= 4 is 39.1 Å². The molecule has 0 saturated heterocycles. The quantitative estimate of drug-likeness (QED) is 0.515. The van der Waals surface area contributed by atoms with Gasteiger partial charge in [-0.05, 0) is 43.5 Å². The van der Waals surface area contributed by atoms with Gasteiger partial charge >= 0.3 is 0 Å². The first-order valence-electron chi connectivity index (χ1n) is 11.5. The summed E-state index contributed by atoms with van der Waals surface area (Å²) in [5, 5.41) is 3.26. The first-order valence-corrected chi connectivity index (χ1v) is 13.8. The molecule has 8 nitrogen and oxygen atoms in total. The maximum atomic E-state index is 13.6. The number of ether oxygens (including phenoxy) is 1. The molecule has 1 N–H and O–H groups in total. The summed E-state index contributed by atoms with van der Waals surface area (Å²) in [6.07, 6.45) is 5.01. The summed E-state index contributed by atoms with van der Waals surface area (Å²) in [6, 6.07) is 13.1. The molecule has 0 aromatic heterocycles. The third-order valence-corrected chi connectivity index (χ3v) is 7.60. The van der Waals surface area contributed by atoms with E-state index in [0.717, 1.165) is 41.8 Å². The Morgan fingerprint density at radius 1 is 1.14 bits per heavy atom. The standard InChI is InChI=1S/C25H32ClN3O5S/c1-18(25(31)27-20-11-7-8-12-20)28(16-19-9-5-4-6-10-19)24(30)17-29(35(3,32)33)21-13-14-23(34-2)22(26)15-21/h4-6,9-10,13-15,18,20H,7-8,11-12,16-17H2,1-3H3,(H,27,31)/t18-/m1/s1. The fraction of sp³-hybridized carbons (Fsp3) is 0.440. The second kappa shape index (κ2) is 11.8. The van der Waals surface area contributed by atoms with E-state index in [-0.39, 0.29) is 29.2 Å². The molecule has 10 heteroatoms. The van der Waals surface area contributed by atoms with E-state index >= 15 is 0 Å². The molecule has 0 aliphatic heterocycles. The van der Waals surface area contributed by atoms with Crippen molar-refractivity contribution < 1.29 is 22.7 Å². The van der Waals surface area contributed by atoms with Crippen molar-refractivity contribution in [1.29, 1.82) is 0 Å². The molecule has 3 rings (SSSR count). The Bertz CT molecular complexity index is 1140. The number of carbonyl (C=O) groups excluding carboxylic acids is 2. The fourth-order valence-electron chi connectivity index (χ4n) is 4.18. The van der Waals surface area contributed by atoms with Crippen LogP contribution in [0, 0.1) is 0 Å². The monoisotopic (exact) mass is 521 g/mol. The molecular weight excluding hydrogens is 490 g/mol. The Hall–Kier alpha value is -2.78. The van der Waals surface area contributed by atoms with Gasteiger partial charge in [-0.2, -0.15) is 0 Å². The summed E-state index contributed by atoms with van der Waals surface area (Å²) >= 11 is 6.21. The molecule has 1 fully saturated rings. The average Bonchev–Trinajstić information content (AvgIpc) is 3.33. The number of methoxy groups -OCH3 is 1. The fourth-order valence-corrected chi connectivity index (χ4v) is 5.27. The lowest BCUT2D eigenvalue weighted by molar-refractivity contribution is -0.139. The van der Waals surface area contributed by atoms with Crippen molar-refractivity contribution in [2.45, 2.75) is 51.2 Å². The minimum Gasteiger partial charge on any atom is -0.495 e. The van der Waals surface area contributed by atoms with Crippen molar-refractivity contribution in [3.8, 4) is 5.75 Å². The van der Waals surface area contributed by atoms with E-state index in [1.54, 1.807) is 13.0 Å². The predicted octanol–water partition coefficient (Wildman–Crippen LogP) is 3.59. The molecule has 0 radical (unpaired) electrons. The second-order valence-electron chi connectivity index (χ2n) is 8.76. The molecule has 1 atom stereocenters. The van der Waals surface area contributed by atoms with Crippen LogP contribution in [-0.4, -0.2) is 57.1 Å². The lowest BCUT2D eigenvalue weighted by Gasteiger charge is -2.32. The van der Waals surface area contributed by atoms with Gasteiger partial charge in [0, 0.05) is 12.6 Å². The minimum absolute atomic E-state index is 0.104. The van der Waals surface area contributed by atoms with E-state index in [9.17, 15) is 18.0 Å². The maximum Gasteiger partial charge on any atom is 0.244 e. The Morgan fingerprint density at radius 2 is 1.80 bits per heavy atom. The van der Waals surface area contributed by atoms with Crippen LogP contribution in [0.25, 0.3) is 0 Å². The summed E-state index contributed by atoms with van der Waals surface area (Å²) in [6.45, 7) is 1.36. The van der Waals surface area contributed by atoms with Gasteiger partial charge in [-0.3, -0.25) is 13.9 Å². The van der Waals surface area contributed by atoms with Crippen LogP contribution in [0.15, 0.2) is 48.5 Å². The molecule has 1 saturated carbocycles. The van der Waals surface area contributed by atoms with Gasteiger partial charge in [-0.1, -0.05) is 54.8 Å². The molecule has 2 amide bonds. The third-order valence-electron chi connectivity index (χ3n) is 6.17. The number of carbonyl (C=O) groups is 2. The highest BCUT2D eigenvalue weighted by Gasteiger charge is 2.31. The van der Waals surface area contributed by atoms with E-state index in [1.807, 2.05) is 30.3 Å². The largest absolute Gasteiger partial charge is 0.495 e. The van der Waals surface area contributed by atoms with Gasteiger partial charge in [0.15, 0.2) is 0 Å². The van der Waals surface area contributed by atoms with Crippen LogP contribution in [0.5, 0.6) is 5.75 Å². The molecule has 1 aliphatic rings. The smallest absolute Gasteiger partial charge is 0.244 e. The van der Waals surface area contributed by atoms with Crippen LogP contribution in [0.3, 0.4) is 0 Å². The molecule has 0 heterocycles. The summed E-state index contributed by atoms with van der Waals surface area (Å²) in [5.74, 6) is -0.363. The molecular formula is C25H32ClN3O5S. The number of hydrogen-bond acceptors (Lipinski definition) is 5. The van der Waals surface area contributed by atoms with Gasteiger partial charge in [0.25, 0.3) is 0 Å². The number of halogens is 1. The number of anilines is 1. The number of nitrogens with one attached hydrogen (secondary N) is 1. The average molecular weight is 522 g/mol. The Balaban J connectivity index is 1.87. The maximum absolute atomic E-state index is 13.6. The highest BCUT2D eigenvalue weighted by atomic mass is 35.5. The molecule has 0 spiro atoms. The van der Waals surface area contributed by atoms with E-state index in [2.05, 4.69) is 5.32 Å². The van der Waals surface area contributed by atoms with Crippen molar-refractivity contribution in [2.24, 2.45) is 0 Å². The van der Waals surface area contributed by atoms with Crippen LogP contribution < -0.4 is 14.4 Å². The SMILES string of the molecule is COc1ccc(N(CC(=O)N(Cc2ccccc2)[C@H](C)C(=O)NC2CCCC2)S(C)(=O)=O)cc1Cl. The van der Waals surface area contributed by atoms with Crippen LogP contribution in [0.2, 0.25) is 5.02 Å². The first-order chi connectivity index (χ1) is 16.6. The minimum atomic E-state index is -3.83. The van der Waals surface area contributed by atoms with Gasteiger partial charge in [-0.15, -0.1) is 0 Å². The number of hydrogen-bond donors (Lipinski definition) is 1. The summed E-state index contributed by atoms with van der Waals surface area (Å²) in [5.41, 5.74) is 1.06. The third kappa shape index (κ3) is 7.11. The molecule has 0 unspecified atom stereocenters. The number of rotatable bonds is 10. The van der Waals surface area contributed by atoms with Crippen molar-refractivity contribution in [1.82, 2.24) is 10.2 Å². The number of amides is 2. The molecule has 190 valence electrons. The Morgan fingerprint density at radius 3 is 2.37 bits per heavy atom. The predicted molar refractivity (Wildman–Crippen MR) is 137 cm³/mol. The number of benzene rings is 2.